The molecule has 0 saturated carbocycles. The Morgan fingerprint density at radius 1 is 1.53 bits per heavy atom. The van der Waals surface area contributed by atoms with Crippen LogP contribution in [0.1, 0.15) is 6.92 Å². The minimum Gasteiger partial charge on any atom is -0.314 e. The van der Waals surface area contributed by atoms with Crippen molar-refractivity contribution in [3.05, 3.63) is 24.3 Å². The van der Waals surface area contributed by atoms with Crippen molar-refractivity contribution in [3.8, 4) is 0 Å². The van der Waals surface area contributed by atoms with E-state index in [1.807, 2.05) is 6.92 Å². The van der Waals surface area contributed by atoms with E-state index in [-0.39, 0.29) is 10.9 Å². The molecule has 0 radical (unpaired) electrons. The monoisotopic (exact) mass is 259 g/mol. The fraction of sp³-hybridized carbons (Fsp3) is 0.500. The summed E-state index contributed by atoms with van der Waals surface area (Å²) in [6.07, 6.45) is 2.16. The first-order valence-electron chi connectivity index (χ1n) is 5.35. The van der Waals surface area contributed by atoms with Gasteiger partial charge in [-0.2, -0.15) is 4.31 Å². The summed E-state index contributed by atoms with van der Waals surface area (Å²) in [6.45, 7) is 3.41. The molecule has 0 aliphatic carbocycles. The van der Waals surface area contributed by atoms with Crippen molar-refractivity contribution in [2.75, 3.05) is 19.6 Å². The predicted molar refractivity (Wildman–Crippen MR) is 60.4 cm³/mol. The van der Waals surface area contributed by atoms with Gasteiger partial charge in [0.15, 0.2) is 0 Å². The Morgan fingerprint density at radius 3 is 2.94 bits per heavy atom. The SMILES string of the molecule is C[C@H]1CNCCN1S(=O)(=O)c1cncc(F)c1. The molecule has 1 aromatic rings. The second-order valence-corrected chi connectivity index (χ2v) is 5.90. The number of halogens is 1. The van der Waals surface area contributed by atoms with Crippen LogP contribution in [0, 0.1) is 5.82 Å². The summed E-state index contributed by atoms with van der Waals surface area (Å²) < 4.78 is 38.9. The van der Waals surface area contributed by atoms with E-state index in [2.05, 4.69) is 10.3 Å². The molecule has 0 bridgehead atoms. The van der Waals surface area contributed by atoms with Crippen molar-refractivity contribution in [2.45, 2.75) is 17.9 Å². The molecule has 0 spiro atoms. The zero-order valence-corrected chi connectivity index (χ0v) is 10.2. The van der Waals surface area contributed by atoms with Gasteiger partial charge in [0.05, 0.1) is 6.20 Å². The zero-order chi connectivity index (χ0) is 12.5. The maximum Gasteiger partial charge on any atom is 0.245 e. The van der Waals surface area contributed by atoms with Gasteiger partial charge < -0.3 is 5.32 Å². The van der Waals surface area contributed by atoms with Gasteiger partial charge in [-0.1, -0.05) is 0 Å². The third kappa shape index (κ3) is 2.46. The molecule has 0 aromatic carbocycles. The molecular weight excluding hydrogens is 245 g/mol. The Balaban J connectivity index is 2.35. The summed E-state index contributed by atoms with van der Waals surface area (Å²) >= 11 is 0. The van der Waals surface area contributed by atoms with E-state index in [1.165, 1.54) is 10.5 Å². The van der Waals surface area contributed by atoms with Gasteiger partial charge in [-0.25, -0.2) is 12.8 Å². The van der Waals surface area contributed by atoms with E-state index in [9.17, 15) is 12.8 Å². The molecule has 1 atom stereocenters. The van der Waals surface area contributed by atoms with E-state index in [0.29, 0.717) is 19.6 Å². The molecule has 94 valence electrons. The van der Waals surface area contributed by atoms with Gasteiger partial charge in [0.25, 0.3) is 0 Å². The van der Waals surface area contributed by atoms with Crippen LogP contribution >= 0.6 is 0 Å². The molecule has 7 heteroatoms. The van der Waals surface area contributed by atoms with E-state index in [4.69, 9.17) is 0 Å². The molecule has 1 saturated heterocycles. The molecule has 2 heterocycles. The highest BCUT2D eigenvalue weighted by Gasteiger charge is 2.31. The van der Waals surface area contributed by atoms with Gasteiger partial charge in [-0.05, 0) is 13.0 Å². The van der Waals surface area contributed by atoms with Crippen LogP contribution in [0.15, 0.2) is 23.4 Å². The normalized spacial score (nSPS) is 22.6. The lowest BCUT2D eigenvalue weighted by Crippen LogP contribution is -2.52. The highest BCUT2D eigenvalue weighted by atomic mass is 32.2. The summed E-state index contributed by atoms with van der Waals surface area (Å²) in [5, 5.41) is 3.10. The number of piperazine rings is 1. The molecule has 1 aliphatic rings. The molecule has 0 unspecified atom stereocenters. The van der Waals surface area contributed by atoms with E-state index in [0.717, 1.165) is 12.3 Å². The van der Waals surface area contributed by atoms with Crippen LogP contribution < -0.4 is 5.32 Å². The van der Waals surface area contributed by atoms with Gasteiger partial charge in [-0.3, -0.25) is 4.98 Å². The Morgan fingerprint density at radius 2 is 2.29 bits per heavy atom. The average Bonchev–Trinajstić information content (AvgIpc) is 2.29. The van der Waals surface area contributed by atoms with Crippen LogP contribution in [0.5, 0.6) is 0 Å². The molecule has 1 fully saturated rings. The molecule has 2 rings (SSSR count). The summed E-state index contributed by atoms with van der Waals surface area (Å²) in [5.41, 5.74) is 0. The second kappa shape index (κ2) is 4.67. The Hall–Kier alpha value is -1.05. The van der Waals surface area contributed by atoms with Crippen molar-refractivity contribution in [1.29, 1.82) is 0 Å². The first kappa shape index (κ1) is 12.4. The Bertz CT molecular complexity index is 506. The topological polar surface area (TPSA) is 62.3 Å². The van der Waals surface area contributed by atoms with Crippen LogP contribution in [-0.4, -0.2) is 43.4 Å². The van der Waals surface area contributed by atoms with Gasteiger partial charge in [0.2, 0.25) is 10.0 Å². The molecule has 1 aromatic heterocycles. The van der Waals surface area contributed by atoms with Crippen molar-refractivity contribution >= 4 is 10.0 Å². The van der Waals surface area contributed by atoms with Gasteiger partial charge in [-0.15, -0.1) is 0 Å². The molecular formula is C10H14FN3O2S. The minimum absolute atomic E-state index is 0.0914. The molecule has 1 N–H and O–H groups in total. The number of nitrogens with one attached hydrogen (secondary N) is 1. The van der Waals surface area contributed by atoms with Crippen molar-refractivity contribution in [1.82, 2.24) is 14.6 Å². The lowest BCUT2D eigenvalue weighted by molar-refractivity contribution is 0.283. The second-order valence-electron chi connectivity index (χ2n) is 4.01. The van der Waals surface area contributed by atoms with Crippen LogP contribution in [0.3, 0.4) is 0 Å². The number of rotatable bonds is 2. The number of nitrogens with zero attached hydrogens (tertiary/aromatic N) is 2. The quantitative estimate of drug-likeness (QED) is 0.824. The summed E-state index contributed by atoms with van der Waals surface area (Å²) in [6, 6.07) is 0.855. The van der Waals surface area contributed by atoms with Gasteiger partial charge in [0, 0.05) is 31.9 Å². The largest absolute Gasteiger partial charge is 0.314 e. The average molecular weight is 259 g/mol. The third-order valence-electron chi connectivity index (χ3n) is 2.73. The Kier molecular flexibility index (Phi) is 3.41. The highest BCUT2D eigenvalue weighted by Crippen LogP contribution is 2.18. The number of sulfonamides is 1. The van der Waals surface area contributed by atoms with E-state index in [1.54, 1.807) is 0 Å². The summed E-state index contributed by atoms with van der Waals surface area (Å²) in [7, 11) is -3.64. The first-order chi connectivity index (χ1) is 8.01. The number of hydrogen-bond acceptors (Lipinski definition) is 4. The zero-order valence-electron chi connectivity index (χ0n) is 9.43. The standard InChI is InChI=1S/C10H14FN3O2S/c1-8-5-12-2-3-14(8)17(15,16)10-4-9(11)6-13-7-10/h4,6-8,12H,2-3,5H2,1H3/t8-/m0/s1. The van der Waals surface area contributed by atoms with Crippen LogP contribution in [0.4, 0.5) is 4.39 Å². The number of pyridine rings is 1. The fourth-order valence-electron chi connectivity index (χ4n) is 1.85. The van der Waals surface area contributed by atoms with Crippen molar-refractivity contribution < 1.29 is 12.8 Å². The summed E-state index contributed by atoms with van der Waals surface area (Å²) in [5.74, 6) is -0.645. The fourth-order valence-corrected chi connectivity index (χ4v) is 3.45. The lowest BCUT2D eigenvalue weighted by Gasteiger charge is -2.32. The maximum absolute atomic E-state index is 13.0. The highest BCUT2D eigenvalue weighted by molar-refractivity contribution is 7.89. The Labute approximate surface area is 99.7 Å². The number of aromatic nitrogens is 1. The first-order valence-corrected chi connectivity index (χ1v) is 6.79. The van der Waals surface area contributed by atoms with Crippen LogP contribution in [-0.2, 0) is 10.0 Å². The summed E-state index contributed by atoms with van der Waals surface area (Å²) in [4.78, 5) is 3.48. The molecule has 17 heavy (non-hydrogen) atoms. The lowest BCUT2D eigenvalue weighted by atomic mass is 10.3. The van der Waals surface area contributed by atoms with E-state index >= 15 is 0 Å². The number of hydrogen-bond donors (Lipinski definition) is 1. The minimum atomic E-state index is -3.64. The van der Waals surface area contributed by atoms with Crippen molar-refractivity contribution in [3.63, 3.8) is 0 Å². The van der Waals surface area contributed by atoms with E-state index < -0.39 is 15.8 Å². The third-order valence-corrected chi connectivity index (χ3v) is 4.71. The molecule has 1 aliphatic heterocycles. The smallest absolute Gasteiger partial charge is 0.245 e. The van der Waals surface area contributed by atoms with Gasteiger partial charge >= 0.3 is 0 Å². The maximum atomic E-state index is 13.0. The molecule has 0 amide bonds. The van der Waals surface area contributed by atoms with Gasteiger partial charge in [0.1, 0.15) is 10.7 Å². The van der Waals surface area contributed by atoms with Crippen LogP contribution in [0.2, 0.25) is 0 Å². The molecule has 5 nitrogen and oxygen atoms in total. The predicted octanol–water partition coefficient (Wildman–Crippen LogP) is 0.203. The van der Waals surface area contributed by atoms with Crippen molar-refractivity contribution in [2.24, 2.45) is 0 Å². The van der Waals surface area contributed by atoms with Crippen LogP contribution in [0.25, 0.3) is 0 Å².